The van der Waals surface area contributed by atoms with Crippen LogP contribution in [-0.2, 0) is 23.6 Å². The first kappa shape index (κ1) is 26.5. The number of benzene rings is 4. The third-order valence-electron chi connectivity index (χ3n) is 7.78. The van der Waals surface area contributed by atoms with E-state index in [-0.39, 0.29) is 11.4 Å². The van der Waals surface area contributed by atoms with E-state index in [1.54, 1.807) is 0 Å². The summed E-state index contributed by atoms with van der Waals surface area (Å²) in [5.74, 6) is 1.58. The van der Waals surface area contributed by atoms with Crippen molar-refractivity contribution in [1.29, 1.82) is 0 Å². The zero-order chi connectivity index (χ0) is 28.9. The van der Waals surface area contributed by atoms with Crippen molar-refractivity contribution in [3.8, 4) is 28.2 Å². The Kier molecular flexibility index (Phi) is 6.49. The van der Waals surface area contributed by atoms with Crippen LogP contribution in [0.4, 0.5) is 0 Å². The van der Waals surface area contributed by atoms with E-state index in [0.29, 0.717) is 5.56 Å². The number of carbonyl (C=O) groups excluding carboxylic acids is 1. The standard InChI is InChI=1S/C35H34N4O2/c1-7-31-36-28-20-17-23(33-37-27-13-8-9-14-29(27)38(33)5)21-30(28)39(31)24-18-15-22(16-19-24)25-11-10-12-26(35(2,3)4)32(25)34(40)41-6/h8-21H,7H2,1-6H3. The lowest BCUT2D eigenvalue weighted by Crippen LogP contribution is -2.18. The van der Waals surface area contributed by atoms with Crippen molar-refractivity contribution >= 4 is 28.0 Å². The molecule has 0 fully saturated rings. The first-order valence-electron chi connectivity index (χ1n) is 14.0. The Balaban J connectivity index is 1.47. The Morgan fingerprint density at radius 1 is 0.829 bits per heavy atom. The highest BCUT2D eigenvalue weighted by molar-refractivity contribution is 5.99. The summed E-state index contributed by atoms with van der Waals surface area (Å²) in [4.78, 5) is 22.8. The lowest BCUT2D eigenvalue weighted by Gasteiger charge is -2.24. The van der Waals surface area contributed by atoms with Crippen molar-refractivity contribution in [3.63, 3.8) is 0 Å². The van der Waals surface area contributed by atoms with Gasteiger partial charge in [-0.25, -0.2) is 14.8 Å². The van der Waals surface area contributed by atoms with Gasteiger partial charge in [0.25, 0.3) is 0 Å². The highest BCUT2D eigenvalue weighted by Gasteiger charge is 2.25. The molecule has 0 radical (unpaired) electrons. The molecule has 0 unspecified atom stereocenters. The molecular formula is C35H34N4O2. The molecule has 206 valence electrons. The zero-order valence-electron chi connectivity index (χ0n) is 24.4. The molecule has 6 nitrogen and oxygen atoms in total. The molecule has 2 heterocycles. The average molecular weight is 543 g/mol. The van der Waals surface area contributed by atoms with Crippen molar-refractivity contribution in [2.45, 2.75) is 39.5 Å². The van der Waals surface area contributed by atoms with Gasteiger partial charge in [-0.05, 0) is 64.6 Å². The van der Waals surface area contributed by atoms with Crippen molar-refractivity contribution in [2.24, 2.45) is 7.05 Å². The zero-order valence-corrected chi connectivity index (χ0v) is 24.4. The van der Waals surface area contributed by atoms with E-state index >= 15 is 0 Å². The van der Waals surface area contributed by atoms with Crippen LogP contribution in [0, 0.1) is 0 Å². The van der Waals surface area contributed by atoms with E-state index in [0.717, 1.165) is 68.1 Å². The number of fused-ring (bicyclic) bond motifs is 2. The first-order chi connectivity index (χ1) is 19.7. The van der Waals surface area contributed by atoms with Crippen LogP contribution in [-0.4, -0.2) is 32.2 Å². The van der Waals surface area contributed by atoms with Crippen LogP contribution in [0.5, 0.6) is 0 Å². The number of hydrogen-bond acceptors (Lipinski definition) is 4. The van der Waals surface area contributed by atoms with Crippen LogP contribution in [0.15, 0.2) is 84.9 Å². The summed E-state index contributed by atoms with van der Waals surface area (Å²) in [7, 11) is 3.49. The van der Waals surface area contributed by atoms with E-state index < -0.39 is 0 Å². The molecule has 41 heavy (non-hydrogen) atoms. The van der Waals surface area contributed by atoms with Gasteiger partial charge >= 0.3 is 5.97 Å². The number of esters is 1. The van der Waals surface area contributed by atoms with E-state index in [9.17, 15) is 4.79 Å². The number of ether oxygens (including phenoxy) is 1. The summed E-state index contributed by atoms with van der Waals surface area (Å²) in [6.45, 7) is 8.46. The van der Waals surface area contributed by atoms with Gasteiger partial charge in [0.1, 0.15) is 11.6 Å². The van der Waals surface area contributed by atoms with Crippen LogP contribution in [0.3, 0.4) is 0 Å². The number of methoxy groups -OCH3 is 1. The molecule has 4 aromatic carbocycles. The Labute approximate surface area is 240 Å². The summed E-state index contributed by atoms with van der Waals surface area (Å²) in [5, 5.41) is 0. The summed E-state index contributed by atoms with van der Waals surface area (Å²) < 4.78 is 9.57. The van der Waals surface area contributed by atoms with E-state index in [2.05, 4.69) is 92.4 Å². The van der Waals surface area contributed by atoms with Crippen molar-refractivity contribution in [1.82, 2.24) is 19.1 Å². The van der Waals surface area contributed by atoms with Crippen molar-refractivity contribution in [2.75, 3.05) is 7.11 Å². The first-order valence-corrected chi connectivity index (χ1v) is 14.0. The fourth-order valence-electron chi connectivity index (χ4n) is 5.72. The van der Waals surface area contributed by atoms with Crippen LogP contribution in [0.2, 0.25) is 0 Å². The molecule has 0 aliphatic heterocycles. The van der Waals surface area contributed by atoms with Crippen LogP contribution < -0.4 is 0 Å². The predicted octanol–water partition coefficient (Wildman–Crippen LogP) is 7.89. The van der Waals surface area contributed by atoms with Crippen molar-refractivity contribution in [3.05, 3.63) is 102 Å². The number of carbonyl (C=O) groups is 1. The maximum absolute atomic E-state index is 12.9. The monoisotopic (exact) mass is 542 g/mol. The van der Waals surface area contributed by atoms with Gasteiger partial charge in [0, 0.05) is 24.7 Å². The van der Waals surface area contributed by atoms with Crippen LogP contribution in [0.1, 0.15) is 49.4 Å². The van der Waals surface area contributed by atoms with Gasteiger partial charge in [-0.2, -0.15) is 0 Å². The lowest BCUT2D eigenvalue weighted by molar-refractivity contribution is 0.0599. The van der Waals surface area contributed by atoms with E-state index in [4.69, 9.17) is 14.7 Å². The highest BCUT2D eigenvalue weighted by Crippen LogP contribution is 2.35. The fraction of sp³-hybridized carbons (Fsp3) is 0.229. The molecule has 6 aromatic rings. The second-order valence-corrected chi connectivity index (χ2v) is 11.4. The summed E-state index contributed by atoms with van der Waals surface area (Å²) in [6, 6.07) is 28.9. The molecule has 6 heteroatoms. The number of aromatic nitrogens is 4. The minimum atomic E-state index is -0.321. The lowest BCUT2D eigenvalue weighted by atomic mass is 9.81. The fourth-order valence-corrected chi connectivity index (χ4v) is 5.72. The molecule has 0 spiro atoms. The Morgan fingerprint density at radius 2 is 1.54 bits per heavy atom. The minimum absolute atomic E-state index is 0.206. The molecule has 0 saturated heterocycles. The summed E-state index contributed by atoms with van der Waals surface area (Å²) >= 11 is 0. The number of imidazole rings is 2. The molecular weight excluding hydrogens is 508 g/mol. The van der Waals surface area contributed by atoms with Gasteiger partial charge < -0.3 is 9.30 Å². The van der Waals surface area contributed by atoms with E-state index in [1.165, 1.54) is 7.11 Å². The third-order valence-corrected chi connectivity index (χ3v) is 7.78. The van der Waals surface area contributed by atoms with Crippen LogP contribution >= 0.6 is 0 Å². The molecule has 0 amide bonds. The van der Waals surface area contributed by atoms with Crippen LogP contribution in [0.25, 0.3) is 50.3 Å². The molecule has 0 bridgehead atoms. The maximum atomic E-state index is 12.9. The summed E-state index contributed by atoms with van der Waals surface area (Å²) in [5.41, 5.74) is 9.31. The molecule has 0 aliphatic carbocycles. The smallest absolute Gasteiger partial charge is 0.338 e. The molecule has 2 aromatic heterocycles. The Morgan fingerprint density at radius 3 is 2.22 bits per heavy atom. The number of rotatable bonds is 5. The van der Waals surface area contributed by atoms with Gasteiger partial charge in [-0.15, -0.1) is 0 Å². The molecule has 0 atom stereocenters. The topological polar surface area (TPSA) is 61.9 Å². The number of hydrogen-bond donors (Lipinski definition) is 0. The Bertz CT molecular complexity index is 1920. The highest BCUT2D eigenvalue weighted by atomic mass is 16.5. The second kappa shape index (κ2) is 10.0. The molecule has 0 N–H and O–H groups in total. The predicted molar refractivity (Wildman–Crippen MR) is 166 cm³/mol. The summed E-state index contributed by atoms with van der Waals surface area (Å²) in [6.07, 6.45) is 0.790. The third kappa shape index (κ3) is 4.49. The largest absolute Gasteiger partial charge is 0.465 e. The number of para-hydroxylation sites is 2. The molecule has 0 saturated carbocycles. The number of aryl methyl sites for hydroxylation is 2. The van der Waals surface area contributed by atoms with Gasteiger partial charge in [0.15, 0.2) is 0 Å². The minimum Gasteiger partial charge on any atom is -0.465 e. The van der Waals surface area contributed by atoms with Gasteiger partial charge in [-0.1, -0.05) is 70.2 Å². The van der Waals surface area contributed by atoms with Gasteiger partial charge in [-0.3, -0.25) is 4.57 Å². The SMILES string of the molecule is CCc1nc2ccc(-c3nc4ccccc4n3C)cc2n1-c1ccc(-c2cccc(C(C)(C)C)c2C(=O)OC)cc1. The maximum Gasteiger partial charge on any atom is 0.338 e. The normalized spacial score (nSPS) is 11.9. The van der Waals surface area contributed by atoms with Crippen molar-refractivity contribution < 1.29 is 9.53 Å². The Hall–Kier alpha value is -4.71. The van der Waals surface area contributed by atoms with Gasteiger partial charge in [0.05, 0.1) is 34.7 Å². The average Bonchev–Trinajstić information content (AvgIpc) is 3.53. The number of nitrogens with zero attached hydrogens (tertiary/aromatic N) is 4. The quantitative estimate of drug-likeness (QED) is 0.208. The molecule has 0 aliphatic rings. The molecule has 6 rings (SSSR count). The second-order valence-electron chi connectivity index (χ2n) is 11.4. The van der Waals surface area contributed by atoms with Gasteiger partial charge in [0.2, 0.25) is 0 Å². The van der Waals surface area contributed by atoms with E-state index in [1.807, 2.05) is 36.4 Å².